The minimum atomic E-state index is -4.41. The second-order valence-corrected chi connectivity index (χ2v) is 6.61. The van der Waals surface area contributed by atoms with Crippen LogP contribution in [0.4, 0.5) is 19.0 Å². The quantitative estimate of drug-likeness (QED) is 0.718. The molecule has 0 radical (unpaired) electrons. The zero-order chi connectivity index (χ0) is 20.4. The molecule has 0 aliphatic carbocycles. The number of tetrazole rings is 1. The van der Waals surface area contributed by atoms with E-state index in [0.29, 0.717) is 36.6 Å². The normalized spacial score (nSPS) is 16.8. The number of alkyl halides is 3. The first-order valence-corrected chi connectivity index (χ1v) is 8.82. The summed E-state index contributed by atoms with van der Waals surface area (Å²) in [6, 6.07) is 9.10. The van der Waals surface area contributed by atoms with Gasteiger partial charge >= 0.3 is 6.18 Å². The molecule has 1 fully saturated rings. The van der Waals surface area contributed by atoms with Crippen molar-refractivity contribution in [3.8, 4) is 5.69 Å². The molecule has 2 aromatic heterocycles. The average Bonchev–Trinajstić information content (AvgIpc) is 3.40. The molecule has 3 heterocycles. The Labute approximate surface area is 163 Å². The Bertz CT molecular complexity index is 989. The van der Waals surface area contributed by atoms with Crippen molar-refractivity contribution in [3.05, 3.63) is 60.0 Å². The summed E-state index contributed by atoms with van der Waals surface area (Å²) in [5.74, 6) is 0.211. The number of nitrogens with one attached hydrogen (secondary N) is 1. The summed E-state index contributed by atoms with van der Waals surface area (Å²) >= 11 is 0. The fourth-order valence-electron chi connectivity index (χ4n) is 3.16. The van der Waals surface area contributed by atoms with E-state index in [4.69, 9.17) is 0 Å². The van der Waals surface area contributed by atoms with E-state index in [0.717, 1.165) is 12.3 Å². The smallest absolute Gasteiger partial charge is 0.354 e. The number of anilines is 1. The zero-order valence-corrected chi connectivity index (χ0v) is 15.0. The number of carbonyl (C=O) groups is 1. The van der Waals surface area contributed by atoms with Gasteiger partial charge in [-0.2, -0.15) is 13.2 Å². The fraction of sp³-hybridized carbons (Fsp3) is 0.278. The second kappa shape index (κ2) is 7.49. The van der Waals surface area contributed by atoms with Gasteiger partial charge in [-0.25, -0.2) is 9.67 Å². The summed E-state index contributed by atoms with van der Waals surface area (Å²) in [6.45, 7) is 1.06. The summed E-state index contributed by atoms with van der Waals surface area (Å²) in [4.78, 5) is 18.3. The number of nitrogens with zero attached hydrogens (tertiary/aromatic N) is 6. The van der Waals surface area contributed by atoms with Crippen molar-refractivity contribution in [3.63, 3.8) is 0 Å². The van der Waals surface area contributed by atoms with E-state index in [1.54, 1.807) is 24.3 Å². The van der Waals surface area contributed by atoms with E-state index in [-0.39, 0.29) is 11.9 Å². The van der Waals surface area contributed by atoms with Crippen molar-refractivity contribution in [1.29, 1.82) is 0 Å². The van der Waals surface area contributed by atoms with Crippen LogP contribution in [-0.4, -0.2) is 50.2 Å². The number of benzene rings is 1. The molecule has 1 aliphatic heterocycles. The number of aromatic nitrogens is 5. The molecule has 1 aliphatic rings. The minimum Gasteiger partial charge on any atom is -0.354 e. The molecule has 0 bridgehead atoms. The van der Waals surface area contributed by atoms with Crippen LogP contribution >= 0.6 is 0 Å². The third-order valence-electron chi connectivity index (χ3n) is 4.64. The topological polar surface area (TPSA) is 88.8 Å². The van der Waals surface area contributed by atoms with E-state index < -0.39 is 11.7 Å². The van der Waals surface area contributed by atoms with Gasteiger partial charge in [0.25, 0.3) is 5.91 Å². The Balaban J connectivity index is 1.39. The highest BCUT2D eigenvalue weighted by atomic mass is 19.4. The number of hydrogen-bond donors (Lipinski definition) is 1. The lowest BCUT2D eigenvalue weighted by atomic mass is 10.1. The SMILES string of the molecule is O=C(NC1CCN(c2ccc(C(F)(F)F)cn2)C1)c1cccc(-n2cnnn2)c1. The molecule has 11 heteroatoms. The zero-order valence-electron chi connectivity index (χ0n) is 15.0. The van der Waals surface area contributed by atoms with Crippen LogP contribution in [-0.2, 0) is 6.18 Å². The summed E-state index contributed by atoms with van der Waals surface area (Å²) in [6.07, 6.45) is -1.49. The monoisotopic (exact) mass is 403 g/mol. The van der Waals surface area contributed by atoms with E-state index in [9.17, 15) is 18.0 Å². The van der Waals surface area contributed by atoms with Crippen molar-refractivity contribution < 1.29 is 18.0 Å². The molecule has 3 aromatic rings. The predicted octanol–water partition coefficient (Wildman–Crippen LogP) is 2.08. The maximum atomic E-state index is 12.7. The summed E-state index contributed by atoms with van der Waals surface area (Å²) in [5, 5.41) is 13.9. The van der Waals surface area contributed by atoms with Crippen molar-refractivity contribution in [2.24, 2.45) is 0 Å². The van der Waals surface area contributed by atoms with Gasteiger partial charge in [-0.05, 0) is 47.2 Å². The lowest BCUT2D eigenvalue weighted by molar-refractivity contribution is -0.137. The Morgan fingerprint density at radius 3 is 2.76 bits per heavy atom. The van der Waals surface area contributed by atoms with Gasteiger partial charge in [0.05, 0.1) is 11.3 Å². The van der Waals surface area contributed by atoms with Crippen molar-refractivity contribution in [2.45, 2.75) is 18.6 Å². The standard InChI is InChI=1S/C18H16F3N7O/c19-18(20,21)13-4-5-16(22-9-13)27-7-6-14(10-27)24-17(29)12-2-1-3-15(8-12)28-11-23-25-26-28/h1-5,8-9,11,14H,6-7,10H2,(H,24,29). The van der Waals surface area contributed by atoms with Gasteiger partial charge in [-0.15, -0.1) is 5.10 Å². The molecule has 150 valence electrons. The van der Waals surface area contributed by atoms with Crippen LogP contribution < -0.4 is 10.2 Å². The van der Waals surface area contributed by atoms with Gasteiger partial charge in [0.2, 0.25) is 0 Å². The highest BCUT2D eigenvalue weighted by Crippen LogP contribution is 2.30. The number of pyridine rings is 1. The van der Waals surface area contributed by atoms with Gasteiger partial charge in [0.1, 0.15) is 12.1 Å². The molecule has 1 atom stereocenters. The largest absolute Gasteiger partial charge is 0.417 e. The van der Waals surface area contributed by atoms with E-state index in [1.807, 2.05) is 4.90 Å². The number of halogens is 3. The van der Waals surface area contributed by atoms with Crippen LogP contribution in [0.1, 0.15) is 22.3 Å². The molecule has 4 rings (SSSR count). The Morgan fingerprint density at radius 1 is 1.21 bits per heavy atom. The fourth-order valence-corrected chi connectivity index (χ4v) is 3.16. The Kier molecular flexibility index (Phi) is 4.87. The van der Waals surface area contributed by atoms with Crippen molar-refractivity contribution in [1.82, 2.24) is 30.5 Å². The maximum Gasteiger partial charge on any atom is 0.417 e. The van der Waals surface area contributed by atoms with Crippen LogP contribution in [0.2, 0.25) is 0 Å². The van der Waals surface area contributed by atoms with Crippen LogP contribution in [0.25, 0.3) is 5.69 Å². The van der Waals surface area contributed by atoms with Gasteiger partial charge in [0, 0.05) is 30.9 Å². The highest BCUT2D eigenvalue weighted by Gasteiger charge is 2.31. The third-order valence-corrected chi connectivity index (χ3v) is 4.64. The van der Waals surface area contributed by atoms with Gasteiger partial charge in [-0.1, -0.05) is 6.07 Å². The predicted molar refractivity (Wildman–Crippen MR) is 96.5 cm³/mol. The number of rotatable bonds is 4. The lowest BCUT2D eigenvalue weighted by Gasteiger charge is -2.18. The molecule has 29 heavy (non-hydrogen) atoms. The van der Waals surface area contributed by atoms with Crippen LogP contribution in [0, 0.1) is 0 Å². The first-order valence-electron chi connectivity index (χ1n) is 8.82. The molecule has 1 amide bonds. The van der Waals surface area contributed by atoms with Gasteiger partial charge < -0.3 is 10.2 Å². The molecule has 0 saturated carbocycles. The van der Waals surface area contributed by atoms with Crippen LogP contribution in [0.3, 0.4) is 0 Å². The third kappa shape index (κ3) is 4.18. The maximum absolute atomic E-state index is 12.7. The first kappa shape index (κ1) is 18.8. The van der Waals surface area contributed by atoms with Crippen LogP contribution in [0.15, 0.2) is 48.9 Å². The van der Waals surface area contributed by atoms with E-state index in [1.165, 1.54) is 17.1 Å². The van der Waals surface area contributed by atoms with Crippen LogP contribution in [0.5, 0.6) is 0 Å². The summed E-state index contributed by atoms with van der Waals surface area (Å²) < 4.78 is 39.5. The number of hydrogen-bond acceptors (Lipinski definition) is 6. The molecule has 1 aromatic carbocycles. The average molecular weight is 403 g/mol. The Hall–Kier alpha value is -3.50. The summed E-state index contributed by atoms with van der Waals surface area (Å²) in [5.41, 5.74) is 0.335. The number of carbonyl (C=O) groups excluding carboxylic acids is 1. The van der Waals surface area contributed by atoms with Gasteiger partial charge in [0.15, 0.2) is 0 Å². The molecule has 0 spiro atoms. The second-order valence-electron chi connectivity index (χ2n) is 6.61. The summed E-state index contributed by atoms with van der Waals surface area (Å²) in [7, 11) is 0. The molecular formula is C18H16F3N7O. The van der Waals surface area contributed by atoms with Crippen molar-refractivity contribution in [2.75, 3.05) is 18.0 Å². The van der Waals surface area contributed by atoms with E-state index in [2.05, 4.69) is 25.8 Å². The molecule has 1 N–H and O–H groups in total. The number of amides is 1. The minimum absolute atomic E-state index is 0.136. The Morgan fingerprint density at radius 2 is 2.07 bits per heavy atom. The molecule has 1 saturated heterocycles. The first-order chi connectivity index (χ1) is 13.9. The lowest BCUT2D eigenvalue weighted by Crippen LogP contribution is -2.37. The molecular weight excluding hydrogens is 387 g/mol. The highest BCUT2D eigenvalue weighted by molar-refractivity contribution is 5.95. The molecule has 1 unspecified atom stereocenters. The van der Waals surface area contributed by atoms with Gasteiger partial charge in [-0.3, -0.25) is 4.79 Å². The van der Waals surface area contributed by atoms with E-state index >= 15 is 0 Å². The van der Waals surface area contributed by atoms with Crippen molar-refractivity contribution >= 4 is 11.7 Å². The molecule has 8 nitrogen and oxygen atoms in total.